The smallest absolute Gasteiger partial charge is 0.124 e. The molecular formula is C15H14Br2FN. The average Bonchev–Trinajstić information content (AvgIpc) is 2.26. The van der Waals surface area contributed by atoms with E-state index >= 15 is 0 Å². The molecule has 19 heavy (non-hydrogen) atoms. The van der Waals surface area contributed by atoms with Gasteiger partial charge < -0.3 is 0 Å². The molecule has 2 aromatic rings. The highest BCUT2D eigenvalue weighted by atomic mass is 79.9. The summed E-state index contributed by atoms with van der Waals surface area (Å²) in [5.41, 5.74) is 2.19. The summed E-state index contributed by atoms with van der Waals surface area (Å²) >= 11 is 6.78. The maximum absolute atomic E-state index is 13.3. The minimum atomic E-state index is -0.208. The van der Waals surface area contributed by atoms with Gasteiger partial charge in [-0.05, 0) is 48.5 Å². The first kappa shape index (κ1) is 14.7. The van der Waals surface area contributed by atoms with Gasteiger partial charge in [0.15, 0.2) is 0 Å². The molecule has 100 valence electrons. The quantitative estimate of drug-likeness (QED) is 0.715. The molecule has 0 spiro atoms. The zero-order valence-electron chi connectivity index (χ0n) is 10.5. The maximum Gasteiger partial charge on any atom is 0.124 e. The van der Waals surface area contributed by atoms with E-state index in [2.05, 4.69) is 48.9 Å². The molecule has 0 saturated carbocycles. The van der Waals surface area contributed by atoms with Crippen molar-refractivity contribution in [3.05, 3.63) is 68.4 Å². The Morgan fingerprint density at radius 3 is 2.32 bits per heavy atom. The second-order valence-corrected chi connectivity index (χ2v) is 6.41. The molecule has 0 N–H and O–H groups in total. The van der Waals surface area contributed by atoms with Crippen molar-refractivity contribution in [2.24, 2.45) is 0 Å². The van der Waals surface area contributed by atoms with Crippen molar-refractivity contribution in [3.8, 4) is 0 Å². The van der Waals surface area contributed by atoms with Crippen molar-refractivity contribution in [2.45, 2.75) is 13.1 Å². The van der Waals surface area contributed by atoms with Gasteiger partial charge in [-0.15, -0.1) is 0 Å². The fourth-order valence-corrected chi connectivity index (χ4v) is 2.98. The lowest BCUT2D eigenvalue weighted by atomic mass is 10.2. The van der Waals surface area contributed by atoms with Crippen LogP contribution >= 0.6 is 31.9 Å². The molecule has 0 atom stereocenters. The topological polar surface area (TPSA) is 3.24 Å². The Kier molecular flexibility index (Phi) is 5.13. The standard InChI is InChI=1S/C15H14Br2FN/c1-19(9-11-3-2-4-13(16)5-11)10-12-6-14(17)8-15(18)7-12/h2-8H,9-10H2,1H3. The zero-order chi connectivity index (χ0) is 13.8. The van der Waals surface area contributed by atoms with Crippen LogP contribution in [0.3, 0.4) is 0 Å². The van der Waals surface area contributed by atoms with Gasteiger partial charge in [-0.3, -0.25) is 4.90 Å². The Hall–Kier alpha value is -0.710. The Labute approximate surface area is 129 Å². The SMILES string of the molecule is CN(Cc1cccc(Br)c1)Cc1cc(F)cc(Br)c1. The summed E-state index contributed by atoms with van der Waals surface area (Å²) in [5.74, 6) is -0.208. The normalized spacial score (nSPS) is 11.0. The van der Waals surface area contributed by atoms with Gasteiger partial charge in [-0.1, -0.05) is 44.0 Å². The summed E-state index contributed by atoms with van der Waals surface area (Å²) in [6.45, 7) is 1.54. The molecule has 0 aliphatic heterocycles. The van der Waals surface area contributed by atoms with Gasteiger partial charge in [0.05, 0.1) is 0 Å². The molecule has 2 rings (SSSR count). The van der Waals surface area contributed by atoms with Crippen LogP contribution in [0, 0.1) is 5.82 Å². The third-order valence-electron chi connectivity index (χ3n) is 2.72. The van der Waals surface area contributed by atoms with Crippen LogP contribution in [-0.4, -0.2) is 11.9 Å². The summed E-state index contributed by atoms with van der Waals surface area (Å²) in [6, 6.07) is 13.2. The van der Waals surface area contributed by atoms with Crippen LogP contribution < -0.4 is 0 Å². The molecule has 0 saturated heterocycles. The third-order valence-corrected chi connectivity index (χ3v) is 3.67. The summed E-state index contributed by atoms with van der Waals surface area (Å²) in [6.07, 6.45) is 0. The van der Waals surface area contributed by atoms with Gasteiger partial charge in [-0.25, -0.2) is 4.39 Å². The van der Waals surface area contributed by atoms with Gasteiger partial charge >= 0.3 is 0 Å². The molecule has 0 aliphatic rings. The summed E-state index contributed by atoms with van der Waals surface area (Å²) < 4.78 is 15.2. The predicted octanol–water partition coefficient (Wildman–Crippen LogP) is 4.98. The number of halogens is 3. The van der Waals surface area contributed by atoms with Crippen LogP contribution in [0.5, 0.6) is 0 Å². The molecule has 0 aromatic heterocycles. The number of nitrogens with zero attached hydrogens (tertiary/aromatic N) is 1. The molecule has 0 heterocycles. The summed E-state index contributed by atoms with van der Waals surface area (Å²) in [7, 11) is 2.03. The number of hydrogen-bond acceptors (Lipinski definition) is 1. The maximum atomic E-state index is 13.3. The van der Waals surface area contributed by atoms with Crippen molar-refractivity contribution in [1.82, 2.24) is 4.90 Å². The molecule has 0 aliphatic carbocycles. The molecule has 0 unspecified atom stereocenters. The van der Waals surface area contributed by atoms with E-state index in [9.17, 15) is 4.39 Å². The highest BCUT2D eigenvalue weighted by Gasteiger charge is 2.04. The minimum absolute atomic E-state index is 0.208. The van der Waals surface area contributed by atoms with E-state index in [-0.39, 0.29) is 5.82 Å². The average molecular weight is 387 g/mol. The molecule has 0 fully saturated rings. The minimum Gasteiger partial charge on any atom is -0.298 e. The van der Waals surface area contributed by atoms with Crippen molar-refractivity contribution >= 4 is 31.9 Å². The second kappa shape index (κ2) is 6.64. The van der Waals surface area contributed by atoms with Crippen molar-refractivity contribution in [2.75, 3.05) is 7.05 Å². The highest BCUT2D eigenvalue weighted by molar-refractivity contribution is 9.10. The van der Waals surface area contributed by atoms with Gasteiger partial charge in [0.1, 0.15) is 5.82 Å². The van der Waals surface area contributed by atoms with E-state index in [0.717, 1.165) is 21.1 Å². The van der Waals surface area contributed by atoms with Crippen LogP contribution in [0.4, 0.5) is 4.39 Å². The summed E-state index contributed by atoms with van der Waals surface area (Å²) in [5, 5.41) is 0. The van der Waals surface area contributed by atoms with Gasteiger partial charge in [0, 0.05) is 22.0 Å². The molecule has 4 heteroatoms. The largest absolute Gasteiger partial charge is 0.298 e. The van der Waals surface area contributed by atoms with E-state index < -0.39 is 0 Å². The van der Waals surface area contributed by atoms with Crippen molar-refractivity contribution < 1.29 is 4.39 Å². The first-order chi connectivity index (χ1) is 9.02. The monoisotopic (exact) mass is 385 g/mol. The highest BCUT2D eigenvalue weighted by Crippen LogP contribution is 2.18. The Bertz CT molecular complexity index is 552. The molecule has 0 amide bonds. The van der Waals surface area contributed by atoms with Crippen LogP contribution in [-0.2, 0) is 13.1 Å². The van der Waals surface area contributed by atoms with E-state index in [1.807, 2.05) is 25.2 Å². The van der Waals surface area contributed by atoms with Crippen LogP contribution in [0.15, 0.2) is 51.4 Å². The molecule has 0 bridgehead atoms. The van der Waals surface area contributed by atoms with E-state index in [0.29, 0.717) is 6.54 Å². The Morgan fingerprint density at radius 1 is 0.947 bits per heavy atom. The molecular weight excluding hydrogens is 373 g/mol. The Balaban J connectivity index is 2.03. The van der Waals surface area contributed by atoms with Crippen LogP contribution in [0.2, 0.25) is 0 Å². The zero-order valence-corrected chi connectivity index (χ0v) is 13.7. The Morgan fingerprint density at radius 2 is 1.63 bits per heavy atom. The number of hydrogen-bond donors (Lipinski definition) is 0. The van der Waals surface area contributed by atoms with Crippen LogP contribution in [0.1, 0.15) is 11.1 Å². The van der Waals surface area contributed by atoms with Gasteiger partial charge in [0.25, 0.3) is 0 Å². The van der Waals surface area contributed by atoms with Gasteiger partial charge in [0.2, 0.25) is 0 Å². The fourth-order valence-electron chi connectivity index (χ4n) is 2.02. The number of benzene rings is 2. The second-order valence-electron chi connectivity index (χ2n) is 4.58. The van der Waals surface area contributed by atoms with E-state index in [1.165, 1.54) is 11.6 Å². The van der Waals surface area contributed by atoms with Crippen molar-refractivity contribution in [3.63, 3.8) is 0 Å². The molecule has 1 nitrogen and oxygen atoms in total. The first-order valence-electron chi connectivity index (χ1n) is 5.91. The van der Waals surface area contributed by atoms with Crippen molar-refractivity contribution in [1.29, 1.82) is 0 Å². The first-order valence-corrected chi connectivity index (χ1v) is 7.49. The molecule has 0 radical (unpaired) electrons. The lowest BCUT2D eigenvalue weighted by Gasteiger charge is -2.17. The predicted molar refractivity (Wildman–Crippen MR) is 83.4 cm³/mol. The molecule has 2 aromatic carbocycles. The fraction of sp³-hybridized carbons (Fsp3) is 0.200. The van der Waals surface area contributed by atoms with Crippen LogP contribution in [0.25, 0.3) is 0 Å². The number of rotatable bonds is 4. The lowest BCUT2D eigenvalue weighted by molar-refractivity contribution is 0.318. The lowest BCUT2D eigenvalue weighted by Crippen LogP contribution is -2.17. The van der Waals surface area contributed by atoms with Gasteiger partial charge in [-0.2, -0.15) is 0 Å². The van der Waals surface area contributed by atoms with E-state index in [4.69, 9.17) is 0 Å². The summed E-state index contributed by atoms with van der Waals surface area (Å²) in [4.78, 5) is 2.16. The van der Waals surface area contributed by atoms with E-state index in [1.54, 1.807) is 6.07 Å². The third kappa shape index (κ3) is 4.71.